The molecule has 3 rings (SSSR count). The fraction of sp³-hybridized carbons (Fsp3) is 0.474. The minimum atomic E-state index is -3.73. The Hall–Kier alpha value is -2.44. The normalized spacial score (nSPS) is 15.7. The molecule has 31 heavy (non-hydrogen) atoms. The molecule has 0 saturated carbocycles. The third-order valence-corrected chi connectivity index (χ3v) is 8.51. The summed E-state index contributed by atoms with van der Waals surface area (Å²) in [6, 6.07) is 7.39. The van der Waals surface area contributed by atoms with Crippen LogP contribution in [0.1, 0.15) is 23.2 Å². The van der Waals surface area contributed by atoms with Crippen LogP contribution in [-0.2, 0) is 19.9 Å². The maximum absolute atomic E-state index is 12.9. The number of hydrogen-bond acceptors (Lipinski definition) is 8. The number of carbonyl (C=O) groups is 1. The molecule has 1 aromatic carbocycles. The Labute approximate surface area is 181 Å². The van der Waals surface area contributed by atoms with Crippen LogP contribution in [0.2, 0.25) is 0 Å². The summed E-state index contributed by atoms with van der Waals surface area (Å²) in [4.78, 5) is 14.1. The van der Waals surface area contributed by atoms with E-state index in [1.807, 2.05) is 0 Å². The molecular weight excluding hydrogens is 446 g/mol. The minimum Gasteiger partial charge on any atom is -0.493 e. The number of hydrogen-bond donors (Lipinski definition) is 0. The first-order valence-corrected chi connectivity index (χ1v) is 13.0. The molecule has 1 saturated heterocycles. The minimum absolute atomic E-state index is 0.00295. The van der Waals surface area contributed by atoms with Gasteiger partial charge >= 0.3 is 0 Å². The van der Waals surface area contributed by atoms with Gasteiger partial charge in [-0.15, -0.1) is 0 Å². The quantitative estimate of drug-likeness (QED) is 0.557. The number of carbonyl (C=O) groups excluding carboxylic acids is 1. The molecule has 0 radical (unpaired) electrons. The number of rotatable bonds is 8. The van der Waals surface area contributed by atoms with Crippen molar-refractivity contribution < 1.29 is 30.9 Å². The lowest BCUT2D eigenvalue weighted by Gasteiger charge is -2.33. The molecule has 1 aromatic heterocycles. The second-order valence-corrected chi connectivity index (χ2v) is 11.5. The average molecular weight is 472 g/mol. The van der Waals surface area contributed by atoms with Crippen LogP contribution in [0.3, 0.4) is 0 Å². The summed E-state index contributed by atoms with van der Waals surface area (Å²) in [7, 11) is -6.86. The third kappa shape index (κ3) is 5.63. The van der Waals surface area contributed by atoms with E-state index in [4.69, 9.17) is 9.26 Å². The molecule has 170 valence electrons. The summed E-state index contributed by atoms with van der Waals surface area (Å²) < 4.78 is 60.5. The molecule has 1 amide bonds. The highest BCUT2D eigenvalue weighted by Gasteiger charge is 2.31. The van der Waals surface area contributed by atoms with Gasteiger partial charge in [0.2, 0.25) is 15.8 Å². The van der Waals surface area contributed by atoms with Crippen LogP contribution in [0.5, 0.6) is 5.75 Å². The van der Waals surface area contributed by atoms with E-state index < -0.39 is 19.9 Å². The van der Waals surface area contributed by atoms with E-state index >= 15 is 0 Å². The molecule has 0 aliphatic carbocycles. The van der Waals surface area contributed by atoms with Crippen LogP contribution in [-0.4, -0.2) is 81.4 Å². The number of benzene rings is 1. The third-order valence-electron chi connectivity index (χ3n) is 4.93. The Morgan fingerprint density at radius 3 is 2.29 bits per heavy atom. The second kappa shape index (κ2) is 9.37. The second-order valence-electron chi connectivity index (χ2n) is 7.09. The Balaban J connectivity index is 1.57. The van der Waals surface area contributed by atoms with Gasteiger partial charge in [-0.2, -0.15) is 4.31 Å². The molecule has 0 bridgehead atoms. The SMILES string of the molecule is CCS(=O)(=O)CCOc1ccc(S(=O)(=O)N2CCN(C(=O)c3cc(C)no3)CC2)cc1. The van der Waals surface area contributed by atoms with Crippen molar-refractivity contribution >= 4 is 25.8 Å². The van der Waals surface area contributed by atoms with E-state index in [0.717, 1.165) is 0 Å². The number of ether oxygens (including phenoxy) is 1. The molecule has 0 unspecified atom stereocenters. The van der Waals surface area contributed by atoms with Crippen molar-refractivity contribution in [3.8, 4) is 5.75 Å². The largest absolute Gasteiger partial charge is 0.493 e. The summed E-state index contributed by atoms with van der Waals surface area (Å²) in [5.41, 5.74) is 0.601. The van der Waals surface area contributed by atoms with Gasteiger partial charge < -0.3 is 14.2 Å². The van der Waals surface area contributed by atoms with Crippen molar-refractivity contribution in [2.24, 2.45) is 0 Å². The lowest BCUT2D eigenvalue weighted by atomic mass is 10.3. The van der Waals surface area contributed by atoms with Crippen molar-refractivity contribution in [2.45, 2.75) is 18.7 Å². The number of piperazine rings is 1. The topological polar surface area (TPSA) is 127 Å². The summed E-state index contributed by atoms with van der Waals surface area (Å²) in [6.07, 6.45) is 0. The van der Waals surface area contributed by atoms with E-state index in [9.17, 15) is 21.6 Å². The van der Waals surface area contributed by atoms with Gasteiger partial charge in [0.25, 0.3) is 5.91 Å². The highest BCUT2D eigenvalue weighted by molar-refractivity contribution is 7.91. The predicted molar refractivity (Wildman–Crippen MR) is 112 cm³/mol. The van der Waals surface area contributed by atoms with Gasteiger partial charge in [0.1, 0.15) is 12.4 Å². The number of aryl methyl sites for hydroxylation is 1. The monoisotopic (exact) mass is 471 g/mol. The smallest absolute Gasteiger partial charge is 0.292 e. The molecule has 2 heterocycles. The standard InChI is InChI=1S/C19H25N3O7S2/c1-3-30(24,25)13-12-28-16-4-6-17(7-5-16)31(26,27)22-10-8-21(9-11-22)19(23)18-14-15(2)20-29-18/h4-7,14H,3,8-13H2,1-2H3. The summed E-state index contributed by atoms with van der Waals surface area (Å²) in [5, 5.41) is 3.70. The van der Waals surface area contributed by atoms with E-state index in [0.29, 0.717) is 11.4 Å². The van der Waals surface area contributed by atoms with E-state index in [2.05, 4.69) is 5.16 Å². The summed E-state index contributed by atoms with van der Waals surface area (Å²) >= 11 is 0. The first-order valence-electron chi connectivity index (χ1n) is 9.78. The highest BCUT2D eigenvalue weighted by Crippen LogP contribution is 2.21. The molecule has 0 atom stereocenters. The van der Waals surface area contributed by atoms with Crippen LogP contribution in [0.15, 0.2) is 39.8 Å². The number of sulfone groups is 1. The van der Waals surface area contributed by atoms with Crippen LogP contribution < -0.4 is 4.74 Å². The number of amides is 1. The van der Waals surface area contributed by atoms with Crippen LogP contribution >= 0.6 is 0 Å². The number of nitrogens with zero attached hydrogens (tertiary/aromatic N) is 3. The molecule has 1 aliphatic heterocycles. The van der Waals surface area contributed by atoms with Crippen molar-refractivity contribution in [2.75, 3.05) is 44.3 Å². The Morgan fingerprint density at radius 2 is 1.74 bits per heavy atom. The molecule has 0 spiro atoms. The summed E-state index contributed by atoms with van der Waals surface area (Å²) in [6.45, 7) is 4.09. The van der Waals surface area contributed by atoms with Gasteiger partial charge in [0.15, 0.2) is 9.84 Å². The average Bonchev–Trinajstić information content (AvgIpc) is 3.20. The van der Waals surface area contributed by atoms with Gasteiger partial charge in [-0.1, -0.05) is 12.1 Å². The van der Waals surface area contributed by atoms with Crippen LogP contribution in [0, 0.1) is 6.92 Å². The lowest BCUT2D eigenvalue weighted by Crippen LogP contribution is -2.50. The molecule has 10 nitrogen and oxygen atoms in total. The van der Waals surface area contributed by atoms with Gasteiger partial charge in [-0.05, 0) is 31.2 Å². The number of aromatic nitrogens is 1. The fourth-order valence-electron chi connectivity index (χ4n) is 3.04. The maximum Gasteiger partial charge on any atom is 0.292 e. The lowest BCUT2D eigenvalue weighted by molar-refractivity contribution is 0.0656. The van der Waals surface area contributed by atoms with Gasteiger partial charge in [-0.25, -0.2) is 16.8 Å². The predicted octanol–water partition coefficient (Wildman–Crippen LogP) is 0.943. The molecule has 2 aromatic rings. The van der Waals surface area contributed by atoms with Crippen molar-refractivity contribution in [3.63, 3.8) is 0 Å². The molecular formula is C19H25N3O7S2. The molecule has 12 heteroatoms. The first kappa shape index (κ1) is 23.2. The van der Waals surface area contributed by atoms with Crippen LogP contribution in [0.25, 0.3) is 0 Å². The summed E-state index contributed by atoms with van der Waals surface area (Å²) in [5.74, 6) is 0.161. The molecule has 0 N–H and O–H groups in total. The van der Waals surface area contributed by atoms with E-state index in [-0.39, 0.29) is 60.9 Å². The highest BCUT2D eigenvalue weighted by atomic mass is 32.2. The van der Waals surface area contributed by atoms with E-state index in [1.54, 1.807) is 19.9 Å². The molecule has 1 aliphatic rings. The Bertz CT molecular complexity index is 1120. The first-order chi connectivity index (χ1) is 14.6. The number of sulfonamides is 1. The van der Waals surface area contributed by atoms with Gasteiger partial charge in [0, 0.05) is 38.0 Å². The van der Waals surface area contributed by atoms with Crippen LogP contribution in [0.4, 0.5) is 0 Å². The fourth-order valence-corrected chi connectivity index (χ4v) is 5.09. The van der Waals surface area contributed by atoms with Crippen molar-refractivity contribution in [1.29, 1.82) is 0 Å². The zero-order valence-electron chi connectivity index (χ0n) is 17.4. The van der Waals surface area contributed by atoms with E-state index in [1.165, 1.54) is 33.5 Å². The maximum atomic E-state index is 12.9. The Kier molecular flexibility index (Phi) is 7.02. The van der Waals surface area contributed by atoms with Gasteiger partial charge in [-0.3, -0.25) is 4.79 Å². The zero-order chi connectivity index (χ0) is 22.6. The zero-order valence-corrected chi connectivity index (χ0v) is 19.0. The Morgan fingerprint density at radius 1 is 1.10 bits per heavy atom. The molecule has 1 fully saturated rings. The van der Waals surface area contributed by atoms with Crippen molar-refractivity contribution in [1.82, 2.24) is 14.4 Å². The van der Waals surface area contributed by atoms with Gasteiger partial charge in [0.05, 0.1) is 16.3 Å². The van der Waals surface area contributed by atoms with Crippen molar-refractivity contribution in [3.05, 3.63) is 41.8 Å².